The zero-order chi connectivity index (χ0) is 20.6. The topological polar surface area (TPSA) is 52.6 Å². The van der Waals surface area contributed by atoms with E-state index in [1.165, 1.54) is 0 Å². The molecule has 0 aliphatic carbocycles. The van der Waals surface area contributed by atoms with E-state index in [0.717, 1.165) is 16.3 Å². The Bertz CT molecular complexity index is 1070. The average Bonchev–Trinajstić information content (AvgIpc) is 2.73. The number of rotatable bonds is 5. The van der Waals surface area contributed by atoms with E-state index in [9.17, 15) is 9.59 Å². The number of benzene rings is 3. The van der Waals surface area contributed by atoms with Gasteiger partial charge < -0.3 is 9.47 Å². The van der Waals surface area contributed by atoms with E-state index in [4.69, 9.17) is 9.47 Å². The Morgan fingerprint density at radius 2 is 1.41 bits per heavy atom. The fourth-order valence-corrected chi connectivity index (χ4v) is 3.07. The lowest BCUT2D eigenvalue weighted by molar-refractivity contribution is -0.156. The molecule has 4 heteroatoms. The second-order valence-corrected chi connectivity index (χ2v) is 6.34. The Hall–Kier alpha value is -3.58. The lowest BCUT2D eigenvalue weighted by Crippen LogP contribution is -2.26. The van der Waals surface area contributed by atoms with Gasteiger partial charge in [0.1, 0.15) is 0 Å². The molecule has 3 aromatic rings. The summed E-state index contributed by atoms with van der Waals surface area (Å²) in [5.74, 6) is 3.82. The minimum Gasteiger partial charge on any atom is -0.465 e. The van der Waals surface area contributed by atoms with E-state index < -0.39 is 17.9 Å². The molecule has 0 aromatic heterocycles. The first-order valence-corrected chi connectivity index (χ1v) is 9.57. The number of fused-ring (bicyclic) bond motifs is 1. The van der Waals surface area contributed by atoms with Gasteiger partial charge in [0.25, 0.3) is 0 Å². The number of ether oxygens (including phenoxy) is 2. The summed E-state index contributed by atoms with van der Waals surface area (Å²) in [5.41, 5.74) is 1.92. The maximum Gasteiger partial charge on any atom is 0.324 e. The summed E-state index contributed by atoms with van der Waals surface area (Å²) in [5, 5.41) is 2.24. The van der Waals surface area contributed by atoms with Crippen molar-refractivity contribution in [2.24, 2.45) is 0 Å². The normalized spacial score (nSPS) is 10.3. The van der Waals surface area contributed by atoms with Crippen molar-refractivity contribution in [3.05, 3.63) is 83.4 Å². The van der Waals surface area contributed by atoms with Gasteiger partial charge in [-0.1, -0.05) is 60.4 Å². The van der Waals surface area contributed by atoms with Gasteiger partial charge in [-0.3, -0.25) is 9.59 Å². The lowest BCUT2D eigenvalue weighted by Gasteiger charge is -2.16. The van der Waals surface area contributed by atoms with Crippen LogP contribution >= 0.6 is 0 Å². The number of carbonyl (C=O) groups is 2. The summed E-state index contributed by atoms with van der Waals surface area (Å²) < 4.78 is 10.2. The van der Waals surface area contributed by atoms with Crippen LogP contribution in [0.15, 0.2) is 66.7 Å². The Morgan fingerprint density at radius 3 is 2.10 bits per heavy atom. The quantitative estimate of drug-likeness (QED) is 0.369. The van der Waals surface area contributed by atoms with Crippen molar-refractivity contribution >= 4 is 22.7 Å². The Labute approximate surface area is 170 Å². The van der Waals surface area contributed by atoms with Crippen molar-refractivity contribution < 1.29 is 19.1 Å². The third kappa shape index (κ3) is 4.83. The van der Waals surface area contributed by atoms with Crippen LogP contribution in [0.3, 0.4) is 0 Å². The standard InChI is InChI=1S/C25H22O4/c1-3-28-24(26)23(25(27)29-4-2)22-12-8-7-10-20(22)16-14-18-13-15-19-9-5-6-11-21(19)17-18/h5-13,15,17,23H,3-4H2,1-2H3. The van der Waals surface area contributed by atoms with E-state index in [-0.39, 0.29) is 13.2 Å². The average molecular weight is 386 g/mol. The highest BCUT2D eigenvalue weighted by molar-refractivity contribution is 6.01. The monoisotopic (exact) mass is 386 g/mol. The first-order valence-electron chi connectivity index (χ1n) is 9.57. The van der Waals surface area contributed by atoms with Crippen molar-refractivity contribution in [3.63, 3.8) is 0 Å². The molecule has 0 heterocycles. The first-order chi connectivity index (χ1) is 14.1. The minimum atomic E-state index is -1.16. The molecule has 0 unspecified atom stereocenters. The highest BCUT2D eigenvalue weighted by atomic mass is 16.6. The van der Waals surface area contributed by atoms with Crippen LogP contribution in [0.2, 0.25) is 0 Å². The summed E-state index contributed by atoms with van der Waals surface area (Å²) in [6.07, 6.45) is 0. The summed E-state index contributed by atoms with van der Waals surface area (Å²) in [4.78, 5) is 24.9. The van der Waals surface area contributed by atoms with Gasteiger partial charge in [0, 0.05) is 11.1 Å². The molecule has 0 aliphatic heterocycles. The van der Waals surface area contributed by atoms with Crippen LogP contribution in [0, 0.1) is 11.8 Å². The molecule has 3 rings (SSSR count). The van der Waals surface area contributed by atoms with Crippen LogP contribution in [0.5, 0.6) is 0 Å². The Balaban J connectivity index is 2.00. The third-order valence-electron chi connectivity index (χ3n) is 4.41. The largest absolute Gasteiger partial charge is 0.465 e. The van der Waals surface area contributed by atoms with Crippen LogP contribution in [0.25, 0.3) is 10.8 Å². The fourth-order valence-electron chi connectivity index (χ4n) is 3.07. The zero-order valence-electron chi connectivity index (χ0n) is 16.5. The zero-order valence-corrected chi connectivity index (χ0v) is 16.5. The van der Waals surface area contributed by atoms with Crippen LogP contribution in [0.4, 0.5) is 0 Å². The maximum absolute atomic E-state index is 12.5. The molecule has 0 fully saturated rings. The van der Waals surface area contributed by atoms with Gasteiger partial charge in [-0.25, -0.2) is 0 Å². The second kappa shape index (κ2) is 9.57. The van der Waals surface area contributed by atoms with Gasteiger partial charge in [0.2, 0.25) is 0 Å². The van der Waals surface area contributed by atoms with Crippen molar-refractivity contribution in [2.45, 2.75) is 19.8 Å². The Kier molecular flexibility index (Phi) is 6.65. The molecule has 0 amide bonds. The molecule has 0 bridgehead atoms. The van der Waals surface area contributed by atoms with Gasteiger partial charge in [0.05, 0.1) is 13.2 Å². The fraction of sp³-hybridized carbons (Fsp3) is 0.200. The summed E-state index contributed by atoms with van der Waals surface area (Å²) in [7, 11) is 0. The molecular weight excluding hydrogens is 364 g/mol. The molecule has 0 aliphatic rings. The molecule has 146 valence electrons. The van der Waals surface area contributed by atoms with Crippen LogP contribution < -0.4 is 0 Å². The predicted octanol–water partition coefficient (Wildman–Crippen LogP) is 4.45. The molecule has 29 heavy (non-hydrogen) atoms. The molecular formula is C25H22O4. The summed E-state index contributed by atoms with van der Waals surface area (Å²) in [6.45, 7) is 3.76. The van der Waals surface area contributed by atoms with Gasteiger partial charge in [-0.15, -0.1) is 0 Å². The highest BCUT2D eigenvalue weighted by Gasteiger charge is 2.32. The lowest BCUT2D eigenvalue weighted by atomic mass is 9.94. The smallest absolute Gasteiger partial charge is 0.324 e. The number of esters is 2. The van der Waals surface area contributed by atoms with Crippen molar-refractivity contribution in [1.82, 2.24) is 0 Å². The molecule has 4 nitrogen and oxygen atoms in total. The van der Waals surface area contributed by atoms with Crippen molar-refractivity contribution in [1.29, 1.82) is 0 Å². The van der Waals surface area contributed by atoms with Gasteiger partial charge >= 0.3 is 11.9 Å². The summed E-state index contributed by atoms with van der Waals surface area (Å²) >= 11 is 0. The Morgan fingerprint density at radius 1 is 0.793 bits per heavy atom. The van der Waals surface area contributed by atoms with Gasteiger partial charge in [-0.2, -0.15) is 0 Å². The first kappa shape index (κ1) is 20.2. The molecule has 0 N–H and O–H groups in total. The maximum atomic E-state index is 12.5. The predicted molar refractivity (Wildman–Crippen MR) is 112 cm³/mol. The summed E-state index contributed by atoms with van der Waals surface area (Å²) in [6, 6.07) is 21.1. The number of carbonyl (C=O) groups excluding carboxylic acids is 2. The minimum absolute atomic E-state index is 0.180. The van der Waals surface area contributed by atoms with Crippen LogP contribution in [-0.2, 0) is 19.1 Å². The van der Waals surface area contributed by atoms with Crippen molar-refractivity contribution in [2.75, 3.05) is 13.2 Å². The highest BCUT2D eigenvalue weighted by Crippen LogP contribution is 2.23. The molecule has 0 saturated carbocycles. The molecule has 3 aromatic carbocycles. The van der Waals surface area contributed by atoms with E-state index in [1.54, 1.807) is 32.0 Å². The van der Waals surface area contributed by atoms with E-state index >= 15 is 0 Å². The van der Waals surface area contributed by atoms with Gasteiger partial charge in [-0.05, 0) is 48.4 Å². The number of hydrogen-bond acceptors (Lipinski definition) is 4. The van der Waals surface area contributed by atoms with E-state index in [1.807, 2.05) is 48.5 Å². The third-order valence-corrected chi connectivity index (χ3v) is 4.41. The van der Waals surface area contributed by atoms with E-state index in [0.29, 0.717) is 11.1 Å². The van der Waals surface area contributed by atoms with Crippen LogP contribution in [-0.4, -0.2) is 25.2 Å². The van der Waals surface area contributed by atoms with Gasteiger partial charge in [0.15, 0.2) is 5.92 Å². The molecule has 0 saturated heterocycles. The van der Waals surface area contributed by atoms with Crippen molar-refractivity contribution in [3.8, 4) is 11.8 Å². The van der Waals surface area contributed by atoms with E-state index in [2.05, 4.69) is 11.8 Å². The molecule has 0 atom stereocenters. The number of hydrogen-bond donors (Lipinski definition) is 0. The molecule has 0 radical (unpaired) electrons. The second-order valence-electron chi connectivity index (χ2n) is 6.34. The van der Waals surface area contributed by atoms with Crippen LogP contribution in [0.1, 0.15) is 36.5 Å². The molecule has 0 spiro atoms. The SMILES string of the molecule is CCOC(=O)C(C(=O)OCC)c1ccccc1C#Cc1ccc2ccccc2c1.